The zero-order chi connectivity index (χ0) is 20.2. The number of amides is 2. The van der Waals surface area contributed by atoms with Gasteiger partial charge in [0.25, 0.3) is 5.91 Å². The summed E-state index contributed by atoms with van der Waals surface area (Å²) in [6.07, 6.45) is 5.53. The van der Waals surface area contributed by atoms with Crippen LogP contribution in [0, 0.1) is 11.7 Å². The fraction of sp³-hybridized carbons (Fsp3) is 0.476. The molecule has 0 bridgehead atoms. The van der Waals surface area contributed by atoms with Crippen LogP contribution in [-0.4, -0.2) is 58.7 Å². The van der Waals surface area contributed by atoms with Crippen molar-refractivity contribution < 1.29 is 14.0 Å². The SMILES string of the molecule is O=C(NCC1CCCN(C(=O)c2ccn(-c3ccc(F)cc3)n2)C1)C1CCCN1. The number of rotatable bonds is 5. The van der Waals surface area contributed by atoms with Crippen molar-refractivity contribution in [3.05, 3.63) is 48.0 Å². The molecule has 8 heteroatoms. The van der Waals surface area contributed by atoms with Gasteiger partial charge in [0, 0.05) is 25.8 Å². The summed E-state index contributed by atoms with van der Waals surface area (Å²) in [7, 11) is 0. The molecule has 0 spiro atoms. The van der Waals surface area contributed by atoms with E-state index in [2.05, 4.69) is 15.7 Å². The molecule has 2 amide bonds. The van der Waals surface area contributed by atoms with Gasteiger partial charge in [0.15, 0.2) is 5.69 Å². The third kappa shape index (κ3) is 4.64. The number of piperidine rings is 1. The Balaban J connectivity index is 1.33. The smallest absolute Gasteiger partial charge is 0.274 e. The number of nitrogens with one attached hydrogen (secondary N) is 2. The van der Waals surface area contributed by atoms with Crippen LogP contribution in [0.15, 0.2) is 36.5 Å². The van der Waals surface area contributed by atoms with Gasteiger partial charge in [-0.3, -0.25) is 9.59 Å². The van der Waals surface area contributed by atoms with Gasteiger partial charge < -0.3 is 15.5 Å². The Bertz CT molecular complexity index is 860. The van der Waals surface area contributed by atoms with Gasteiger partial charge in [-0.15, -0.1) is 0 Å². The van der Waals surface area contributed by atoms with Crippen molar-refractivity contribution in [2.45, 2.75) is 31.7 Å². The van der Waals surface area contributed by atoms with Crippen LogP contribution >= 0.6 is 0 Å². The summed E-state index contributed by atoms with van der Waals surface area (Å²) >= 11 is 0. The molecule has 2 fully saturated rings. The minimum absolute atomic E-state index is 0.0593. The molecule has 3 heterocycles. The van der Waals surface area contributed by atoms with E-state index >= 15 is 0 Å². The largest absolute Gasteiger partial charge is 0.354 e. The number of likely N-dealkylation sites (tertiary alicyclic amines) is 1. The Hall–Kier alpha value is -2.74. The lowest BCUT2D eigenvalue weighted by atomic mass is 9.97. The van der Waals surface area contributed by atoms with Gasteiger partial charge in [0.1, 0.15) is 5.82 Å². The van der Waals surface area contributed by atoms with Gasteiger partial charge in [-0.05, 0) is 68.5 Å². The number of carbonyl (C=O) groups is 2. The molecule has 7 nitrogen and oxygen atoms in total. The van der Waals surface area contributed by atoms with Crippen LogP contribution in [0.25, 0.3) is 5.69 Å². The van der Waals surface area contributed by atoms with Crippen molar-refractivity contribution >= 4 is 11.8 Å². The molecule has 2 aliphatic rings. The fourth-order valence-electron chi connectivity index (χ4n) is 4.03. The quantitative estimate of drug-likeness (QED) is 0.803. The number of hydrogen-bond acceptors (Lipinski definition) is 4. The first-order valence-electron chi connectivity index (χ1n) is 10.2. The Kier molecular flexibility index (Phi) is 5.89. The zero-order valence-electron chi connectivity index (χ0n) is 16.3. The Morgan fingerprint density at radius 1 is 1.17 bits per heavy atom. The number of halogens is 1. The highest BCUT2D eigenvalue weighted by atomic mass is 19.1. The van der Waals surface area contributed by atoms with Gasteiger partial charge in [0.2, 0.25) is 5.91 Å². The molecule has 2 aromatic rings. The van der Waals surface area contributed by atoms with E-state index < -0.39 is 0 Å². The Morgan fingerprint density at radius 2 is 2.00 bits per heavy atom. The second kappa shape index (κ2) is 8.73. The normalized spacial score (nSPS) is 21.9. The average Bonchev–Trinajstić information content (AvgIpc) is 3.45. The number of aromatic nitrogens is 2. The lowest BCUT2D eigenvalue weighted by Gasteiger charge is -2.32. The van der Waals surface area contributed by atoms with Crippen molar-refractivity contribution in [1.82, 2.24) is 25.3 Å². The van der Waals surface area contributed by atoms with Crippen LogP contribution in [-0.2, 0) is 4.79 Å². The molecule has 2 N–H and O–H groups in total. The molecule has 0 radical (unpaired) electrons. The van der Waals surface area contributed by atoms with Crippen LogP contribution in [0.5, 0.6) is 0 Å². The lowest BCUT2D eigenvalue weighted by molar-refractivity contribution is -0.123. The maximum atomic E-state index is 13.1. The molecular weight excluding hydrogens is 373 g/mol. The molecule has 1 aromatic carbocycles. The number of hydrogen-bond donors (Lipinski definition) is 2. The number of benzene rings is 1. The van der Waals surface area contributed by atoms with Crippen LogP contribution in [0.1, 0.15) is 36.2 Å². The topological polar surface area (TPSA) is 79.3 Å². The summed E-state index contributed by atoms with van der Waals surface area (Å²) in [4.78, 5) is 26.9. The second-order valence-corrected chi connectivity index (χ2v) is 7.78. The highest BCUT2D eigenvalue weighted by molar-refractivity contribution is 5.92. The monoisotopic (exact) mass is 399 g/mol. The highest BCUT2D eigenvalue weighted by Crippen LogP contribution is 2.18. The summed E-state index contributed by atoms with van der Waals surface area (Å²) in [5.74, 6) is -0.118. The van der Waals surface area contributed by atoms with Crippen molar-refractivity contribution in [2.75, 3.05) is 26.2 Å². The van der Waals surface area contributed by atoms with E-state index in [0.29, 0.717) is 31.0 Å². The van der Waals surface area contributed by atoms with Crippen LogP contribution in [0.3, 0.4) is 0 Å². The highest BCUT2D eigenvalue weighted by Gasteiger charge is 2.27. The van der Waals surface area contributed by atoms with Crippen molar-refractivity contribution in [3.8, 4) is 5.69 Å². The van der Waals surface area contributed by atoms with Crippen molar-refractivity contribution in [1.29, 1.82) is 0 Å². The minimum atomic E-state index is -0.313. The first-order chi connectivity index (χ1) is 14.1. The van der Waals surface area contributed by atoms with Gasteiger partial charge in [-0.2, -0.15) is 5.10 Å². The minimum Gasteiger partial charge on any atom is -0.354 e. The molecule has 2 aliphatic heterocycles. The predicted octanol–water partition coefficient (Wildman–Crippen LogP) is 1.73. The average molecular weight is 399 g/mol. The molecular formula is C21H26FN5O2. The van der Waals surface area contributed by atoms with Crippen LogP contribution < -0.4 is 10.6 Å². The molecule has 2 saturated heterocycles. The Labute approximate surface area is 169 Å². The maximum absolute atomic E-state index is 13.1. The first-order valence-corrected chi connectivity index (χ1v) is 10.2. The van der Waals surface area contributed by atoms with E-state index in [4.69, 9.17) is 0 Å². The van der Waals surface area contributed by atoms with E-state index in [1.807, 2.05) is 4.90 Å². The summed E-state index contributed by atoms with van der Waals surface area (Å²) in [5, 5.41) is 10.6. The molecule has 1 aromatic heterocycles. The van der Waals surface area contributed by atoms with Gasteiger partial charge >= 0.3 is 0 Å². The van der Waals surface area contributed by atoms with Crippen molar-refractivity contribution in [3.63, 3.8) is 0 Å². The third-order valence-electron chi connectivity index (χ3n) is 5.65. The van der Waals surface area contributed by atoms with E-state index in [9.17, 15) is 14.0 Å². The third-order valence-corrected chi connectivity index (χ3v) is 5.65. The first kappa shape index (κ1) is 19.6. The molecule has 0 aliphatic carbocycles. The molecule has 2 unspecified atom stereocenters. The number of nitrogens with zero attached hydrogens (tertiary/aromatic N) is 3. The molecule has 154 valence electrons. The second-order valence-electron chi connectivity index (χ2n) is 7.78. The van der Waals surface area contributed by atoms with Crippen molar-refractivity contribution in [2.24, 2.45) is 5.92 Å². The van der Waals surface area contributed by atoms with Gasteiger partial charge in [0.05, 0.1) is 11.7 Å². The lowest BCUT2D eigenvalue weighted by Crippen LogP contribution is -2.46. The van der Waals surface area contributed by atoms with E-state index in [1.165, 1.54) is 12.1 Å². The summed E-state index contributed by atoms with van der Waals surface area (Å²) in [5.41, 5.74) is 1.07. The molecule has 2 atom stereocenters. The van der Waals surface area contributed by atoms with Gasteiger partial charge in [-0.25, -0.2) is 9.07 Å². The fourth-order valence-corrected chi connectivity index (χ4v) is 4.03. The summed E-state index contributed by atoms with van der Waals surface area (Å²) < 4.78 is 14.7. The predicted molar refractivity (Wildman–Crippen MR) is 106 cm³/mol. The maximum Gasteiger partial charge on any atom is 0.274 e. The molecule has 0 saturated carbocycles. The molecule has 4 rings (SSSR count). The van der Waals surface area contributed by atoms with E-state index in [-0.39, 0.29) is 29.6 Å². The van der Waals surface area contributed by atoms with Gasteiger partial charge in [-0.1, -0.05) is 0 Å². The van der Waals surface area contributed by atoms with Crippen LogP contribution in [0.4, 0.5) is 4.39 Å². The molecule has 29 heavy (non-hydrogen) atoms. The summed E-state index contributed by atoms with van der Waals surface area (Å²) in [6.45, 7) is 2.79. The standard InChI is InChI=1S/C21H26FN5O2/c22-16-5-7-17(8-6-16)27-12-9-19(25-27)21(29)26-11-2-3-15(14-26)13-24-20(28)18-4-1-10-23-18/h5-9,12,15,18,23H,1-4,10-11,13-14H2,(H,24,28). The van der Waals surface area contributed by atoms with E-state index in [1.54, 1.807) is 29.1 Å². The zero-order valence-corrected chi connectivity index (χ0v) is 16.3. The summed E-state index contributed by atoms with van der Waals surface area (Å²) in [6, 6.07) is 7.58. The van der Waals surface area contributed by atoms with Crippen LogP contribution in [0.2, 0.25) is 0 Å². The Morgan fingerprint density at radius 3 is 2.76 bits per heavy atom. The van der Waals surface area contributed by atoms with E-state index in [0.717, 1.165) is 32.2 Å². The number of carbonyl (C=O) groups excluding carboxylic acids is 2.